The number of amides is 1. The SMILES string of the molecule is C[C@H]1CCC[C@H](C)N1C(=O)CO/N=C(/N)C1CCCC1. The quantitative estimate of drug-likeness (QED) is 0.488. The van der Waals surface area contributed by atoms with Crippen molar-refractivity contribution in [3.8, 4) is 0 Å². The highest BCUT2D eigenvalue weighted by Gasteiger charge is 2.29. The minimum absolute atomic E-state index is 0.00208. The van der Waals surface area contributed by atoms with Gasteiger partial charge in [-0.15, -0.1) is 0 Å². The minimum atomic E-state index is 0.00208. The first-order chi connectivity index (χ1) is 9.59. The van der Waals surface area contributed by atoms with Gasteiger partial charge in [0, 0.05) is 18.0 Å². The maximum Gasteiger partial charge on any atom is 0.263 e. The third kappa shape index (κ3) is 3.64. The molecule has 1 amide bonds. The van der Waals surface area contributed by atoms with Crippen LogP contribution in [0.2, 0.25) is 0 Å². The van der Waals surface area contributed by atoms with Crippen molar-refractivity contribution in [2.75, 3.05) is 6.61 Å². The Morgan fingerprint density at radius 1 is 1.15 bits per heavy atom. The second-order valence-corrected chi connectivity index (χ2v) is 6.20. The molecule has 0 bridgehead atoms. The van der Waals surface area contributed by atoms with Crippen LogP contribution in [0, 0.1) is 5.92 Å². The molecule has 20 heavy (non-hydrogen) atoms. The second-order valence-electron chi connectivity index (χ2n) is 6.20. The van der Waals surface area contributed by atoms with E-state index in [2.05, 4.69) is 19.0 Å². The van der Waals surface area contributed by atoms with Gasteiger partial charge in [0.15, 0.2) is 6.61 Å². The van der Waals surface area contributed by atoms with E-state index in [1.807, 2.05) is 4.90 Å². The molecule has 2 N–H and O–H groups in total. The van der Waals surface area contributed by atoms with Gasteiger partial charge in [-0.05, 0) is 46.0 Å². The van der Waals surface area contributed by atoms with Crippen LogP contribution < -0.4 is 5.73 Å². The van der Waals surface area contributed by atoms with Gasteiger partial charge in [-0.3, -0.25) is 4.79 Å². The fourth-order valence-corrected chi connectivity index (χ4v) is 3.45. The van der Waals surface area contributed by atoms with Gasteiger partial charge in [-0.25, -0.2) is 0 Å². The Hall–Kier alpha value is -1.26. The van der Waals surface area contributed by atoms with Crippen molar-refractivity contribution < 1.29 is 9.63 Å². The molecule has 1 heterocycles. The summed E-state index contributed by atoms with van der Waals surface area (Å²) in [4.78, 5) is 19.3. The van der Waals surface area contributed by atoms with Crippen molar-refractivity contribution in [3.63, 3.8) is 0 Å². The van der Waals surface area contributed by atoms with Gasteiger partial charge in [0.05, 0.1) is 0 Å². The summed E-state index contributed by atoms with van der Waals surface area (Å²) in [6, 6.07) is 0.594. The van der Waals surface area contributed by atoms with Gasteiger partial charge in [-0.2, -0.15) is 0 Å². The Morgan fingerprint density at radius 2 is 1.75 bits per heavy atom. The number of likely N-dealkylation sites (tertiary alicyclic amines) is 1. The van der Waals surface area contributed by atoms with Gasteiger partial charge in [-0.1, -0.05) is 18.0 Å². The number of oxime groups is 1. The number of rotatable bonds is 4. The first-order valence-corrected chi connectivity index (χ1v) is 7.86. The van der Waals surface area contributed by atoms with E-state index in [4.69, 9.17) is 10.6 Å². The summed E-state index contributed by atoms with van der Waals surface area (Å²) in [5.74, 6) is 0.917. The zero-order chi connectivity index (χ0) is 14.5. The molecule has 1 saturated carbocycles. The molecule has 2 aliphatic rings. The molecule has 0 aromatic heterocycles. The van der Waals surface area contributed by atoms with Crippen LogP contribution in [0.5, 0.6) is 0 Å². The molecule has 1 aliphatic heterocycles. The Morgan fingerprint density at radius 3 is 2.35 bits per heavy atom. The molecular formula is C15H27N3O2. The molecule has 1 saturated heterocycles. The fourth-order valence-electron chi connectivity index (χ4n) is 3.45. The molecule has 5 nitrogen and oxygen atoms in total. The van der Waals surface area contributed by atoms with Gasteiger partial charge in [0.25, 0.3) is 5.91 Å². The van der Waals surface area contributed by atoms with Crippen molar-refractivity contribution in [3.05, 3.63) is 0 Å². The maximum absolute atomic E-state index is 12.2. The van der Waals surface area contributed by atoms with E-state index in [1.54, 1.807) is 0 Å². The molecule has 5 heteroatoms. The Labute approximate surface area is 121 Å². The molecule has 0 aromatic carbocycles. The average Bonchev–Trinajstić information content (AvgIpc) is 2.92. The molecule has 0 spiro atoms. The Kier molecular flexibility index (Phi) is 5.26. The van der Waals surface area contributed by atoms with Crippen molar-refractivity contribution in [1.82, 2.24) is 4.90 Å². The largest absolute Gasteiger partial charge is 0.384 e. The van der Waals surface area contributed by atoms with Crippen LogP contribution in [-0.2, 0) is 9.63 Å². The van der Waals surface area contributed by atoms with Gasteiger partial charge < -0.3 is 15.5 Å². The number of hydrogen-bond donors (Lipinski definition) is 1. The highest BCUT2D eigenvalue weighted by Crippen LogP contribution is 2.25. The van der Waals surface area contributed by atoms with Crippen LogP contribution in [0.4, 0.5) is 0 Å². The van der Waals surface area contributed by atoms with Gasteiger partial charge >= 0.3 is 0 Å². The van der Waals surface area contributed by atoms with Crippen LogP contribution in [0.1, 0.15) is 58.8 Å². The molecule has 1 aliphatic carbocycles. The summed E-state index contributed by atoms with van der Waals surface area (Å²) in [6.45, 7) is 4.20. The lowest BCUT2D eigenvalue weighted by molar-refractivity contribution is -0.142. The summed E-state index contributed by atoms with van der Waals surface area (Å²) in [5.41, 5.74) is 5.90. The molecule has 2 atom stereocenters. The standard InChI is InChI=1S/C15H27N3O2/c1-11-6-5-7-12(2)18(11)14(19)10-20-17-15(16)13-8-3-4-9-13/h11-13H,3-10H2,1-2H3,(H2,16,17)/t11-,12-/m0/s1. The summed E-state index contributed by atoms with van der Waals surface area (Å²) in [5, 5.41) is 3.94. The Balaban J connectivity index is 1.80. The molecule has 0 radical (unpaired) electrons. The van der Waals surface area contributed by atoms with Crippen molar-refractivity contribution in [1.29, 1.82) is 0 Å². The zero-order valence-corrected chi connectivity index (χ0v) is 12.7. The first-order valence-electron chi connectivity index (χ1n) is 7.86. The van der Waals surface area contributed by atoms with E-state index in [0.29, 0.717) is 23.8 Å². The van der Waals surface area contributed by atoms with Crippen LogP contribution >= 0.6 is 0 Å². The van der Waals surface area contributed by atoms with Crippen LogP contribution in [0.25, 0.3) is 0 Å². The highest BCUT2D eigenvalue weighted by atomic mass is 16.6. The highest BCUT2D eigenvalue weighted by molar-refractivity contribution is 5.83. The predicted octanol–water partition coefficient (Wildman–Crippen LogP) is 2.25. The third-order valence-corrected chi connectivity index (χ3v) is 4.61. The summed E-state index contributed by atoms with van der Waals surface area (Å²) in [7, 11) is 0. The van der Waals surface area contributed by atoms with Crippen molar-refractivity contribution >= 4 is 11.7 Å². The molecule has 0 aromatic rings. The van der Waals surface area contributed by atoms with Crippen LogP contribution in [-0.4, -0.2) is 35.3 Å². The Bertz CT molecular complexity index is 354. The molecule has 114 valence electrons. The third-order valence-electron chi connectivity index (χ3n) is 4.61. The number of piperidine rings is 1. The van der Waals surface area contributed by atoms with Gasteiger partial charge in [0.1, 0.15) is 5.84 Å². The van der Waals surface area contributed by atoms with Crippen LogP contribution in [0.3, 0.4) is 0 Å². The van der Waals surface area contributed by atoms with Crippen molar-refractivity contribution in [2.24, 2.45) is 16.8 Å². The van der Waals surface area contributed by atoms with E-state index in [1.165, 1.54) is 19.3 Å². The lowest BCUT2D eigenvalue weighted by atomic mass is 9.97. The van der Waals surface area contributed by atoms with Crippen LogP contribution in [0.15, 0.2) is 5.16 Å². The number of carbonyl (C=O) groups is 1. The fraction of sp³-hybridized carbons (Fsp3) is 0.867. The zero-order valence-electron chi connectivity index (χ0n) is 12.7. The summed E-state index contributed by atoms with van der Waals surface area (Å²) >= 11 is 0. The van der Waals surface area contributed by atoms with Gasteiger partial charge in [0.2, 0.25) is 0 Å². The number of carbonyl (C=O) groups excluding carboxylic acids is 1. The lowest BCUT2D eigenvalue weighted by Gasteiger charge is -2.38. The number of amidine groups is 1. The molecule has 2 rings (SSSR count). The number of hydrogen-bond acceptors (Lipinski definition) is 3. The molecule has 0 unspecified atom stereocenters. The maximum atomic E-state index is 12.2. The van der Waals surface area contributed by atoms with Crippen molar-refractivity contribution in [2.45, 2.75) is 70.9 Å². The first kappa shape index (κ1) is 15.1. The van der Waals surface area contributed by atoms with E-state index in [-0.39, 0.29) is 12.5 Å². The number of nitrogens with zero attached hydrogens (tertiary/aromatic N) is 2. The topological polar surface area (TPSA) is 67.9 Å². The monoisotopic (exact) mass is 281 g/mol. The van der Waals surface area contributed by atoms with E-state index >= 15 is 0 Å². The van der Waals surface area contributed by atoms with E-state index in [9.17, 15) is 4.79 Å². The lowest BCUT2D eigenvalue weighted by Crippen LogP contribution is -2.48. The minimum Gasteiger partial charge on any atom is -0.384 e. The molecular weight excluding hydrogens is 254 g/mol. The summed E-state index contributed by atoms with van der Waals surface area (Å²) < 4.78 is 0. The van der Waals surface area contributed by atoms with E-state index in [0.717, 1.165) is 25.7 Å². The second kappa shape index (κ2) is 6.95. The smallest absolute Gasteiger partial charge is 0.263 e. The summed E-state index contributed by atoms with van der Waals surface area (Å²) in [6.07, 6.45) is 7.94. The predicted molar refractivity (Wildman–Crippen MR) is 79.2 cm³/mol. The molecule has 2 fully saturated rings. The normalized spacial score (nSPS) is 28.7. The average molecular weight is 281 g/mol. The van der Waals surface area contributed by atoms with E-state index < -0.39 is 0 Å². The number of nitrogens with two attached hydrogens (primary N) is 1.